The first-order chi connectivity index (χ1) is 13.5. The summed E-state index contributed by atoms with van der Waals surface area (Å²) < 4.78 is 16.1. The van der Waals surface area contributed by atoms with Gasteiger partial charge in [-0.3, -0.25) is 14.9 Å². The number of nitrogens with one attached hydrogen (secondary N) is 1. The first kappa shape index (κ1) is 19.2. The fraction of sp³-hybridized carbons (Fsp3) is 0.105. The minimum atomic E-state index is -0.545. The van der Waals surface area contributed by atoms with Gasteiger partial charge in [-0.1, -0.05) is 17.7 Å². The fourth-order valence-electron chi connectivity index (χ4n) is 2.34. The number of nitro benzene ring substituents is 1. The fourth-order valence-corrected chi connectivity index (χ4v) is 2.51. The third-order valence-electron chi connectivity index (χ3n) is 3.71. The lowest BCUT2D eigenvalue weighted by molar-refractivity contribution is -0.384. The molecule has 1 aromatic heterocycles. The Morgan fingerprint density at radius 1 is 1.21 bits per heavy atom. The largest absolute Gasteiger partial charge is 0.497 e. The number of hydrogen-bond donors (Lipinski definition) is 1. The lowest BCUT2D eigenvalue weighted by Crippen LogP contribution is -2.10. The van der Waals surface area contributed by atoms with Gasteiger partial charge in [-0.15, -0.1) is 0 Å². The predicted octanol–water partition coefficient (Wildman–Crippen LogP) is 4.68. The molecule has 8 nitrogen and oxygen atoms in total. The number of halogens is 1. The highest BCUT2D eigenvalue weighted by molar-refractivity contribution is 6.32. The Morgan fingerprint density at radius 3 is 2.79 bits per heavy atom. The maximum absolute atomic E-state index is 12.3. The van der Waals surface area contributed by atoms with Gasteiger partial charge in [0.15, 0.2) is 5.76 Å². The van der Waals surface area contributed by atoms with E-state index in [1.54, 1.807) is 30.3 Å². The van der Waals surface area contributed by atoms with E-state index in [0.717, 1.165) is 0 Å². The monoisotopic (exact) mass is 402 g/mol. The molecule has 1 heterocycles. The van der Waals surface area contributed by atoms with Crippen molar-refractivity contribution in [3.05, 3.63) is 81.3 Å². The molecule has 0 aliphatic rings. The van der Waals surface area contributed by atoms with E-state index in [1.807, 2.05) is 0 Å². The number of hydrogen-bond acceptors (Lipinski definition) is 6. The van der Waals surface area contributed by atoms with Crippen LogP contribution in [0.3, 0.4) is 0 Å². The van der Waals surface area contributed by atoms with Crippen molar-refractivity contribution in [2.45, 2.75) is 6.61 Å². The second-order valence-corrected chi connectivity index (χ2v) is 6.02. The maximum Gasteiger partial charge on any atom is 0.291 e. The highest BCUT2D eigenvalue weighted by atomic mass is 35.5. The number of methoxy groups -OCH3 is 1. The van der Waals surface area contributed by atoms with Crippen molar-refractivity contribution in [3.63, 3.8) is 0 Å². The SMILES string of the molecule is COc1cccc(NC(=O)c2ccc(COc3cc([N+](=O)[O-])ccc3Cl)o2)c1. The molecule has 0 aliphatic heterocycles. The molecule has 0 bridgehead atoms. The Balaban J connectivity index is 1.65. The zero-order chi connectivity index (χ0) is 20.1. The average Bonchev–Trinajstić information content (AvgIpc) is 3.16. The number of benzene rings is 2. The number of non-ortho nitro benzene ring substituents is 1. The van der Waals surface area contributed by atoms with Crippen LogP contribution in [0.1, 0.15) is 16.3 Å². The topological polar surface area (TPSA) is 104 Å². The summed E-state index contributed by atoms with van der Waals surface area (Å²) in [5.74, 6) is 0.771. The van der Waals surface area contributed by atoms with Crippen molar-refractivity contribution >= 4 is 28.9 Å². The number of carbonyl (C=O) groups is 1. The van der Waals surface area contributed by atoms with E-state index in [4.69, 9.17) is 25.5 Å². The number of nitrogens with zero attached hydrogens (tertiary/aromatic N) is 1. The number of carbonyl (C=O) groups excluding carboxylic acids is 1. The van der Waals surface area contributed by atoms with Gasteiger partial charge in [0.25, 0.3) is 11.6 Å². The van der Waals surface area contributed by atoms with Gasteiger partial charge in [-0.2, -0.15) is 0 Å². The van der Waals surface area contributed by atoms with Crippen LogP contribution in [-0.2, 0) is 6.61 Å². The number of ether oxygens (including phenoxy) is 2. The van der Waals surface area contributed by atoms with Gasteiger partial charge in [-0.05, 0) is 30.3 Å². The Hall–Kier alpha value is -3.52. The molecule has 28 heavy (non-hydrogen) atoms. The summed E-state index contributed by atoms with van der Waals surface area (Å²) in [5.41, 5.74) is 0.416. The zero-order valence-corrected chi connectivity index (χ0v) is 15.4. The standard InChI is InChI=1S/C19H15ClN2O6/c1-26-14-4-2-3-12(9-14)21-19(23)17-8-6-15(28-17)11-27-18-10-13(22(24)25)5-7-16(18)20/h2-10H,11H2,1H3,(H,21,23). The normalized spacial score (nSPS) is 10.4. The summed E-state index contributed by atoms with van der Waals surface area (Å²) in [7, 11) is 1.54. The van der Waals surface area contributed by atoms with Gasteiger partial charge in [-0.25, -0.2) is 0 Å². The van der Waals surface area contributed by atoms with E-state index in [2.05, 4.69) is 5.32 Å². The van der Waals surface area contributed by atoms with Gasteiger partial charge >= 0.3 is 0 Å². The molecule has 0 fully saturated rings. The molecule has 0 aliphatic carbocycles. The molecule has 144 valence electrons. The first-order valence-electron chi connectivity index (χ1n) is 8.07. The Labute approximate surface area is 164 Å². The van der Waals surface area contributed by atoms with Crippen LogP contribution in [0.4, 0.5) is 11.4 Å². The van der Waals surface area contributed by atoms with Crippen molar-refractivity contribution in [1.82, 2.24) is 0 Å². The van der Waals surface area contributed by atoms with Crippen LogP contribution in [0.2, 0.25) is 5.02 Å². The minimum absolute atomic E-state index is 0.0483. The maximum atomic E-state index is 12.3. The van der Waals surface area contributed by atoms with Crippen LogP contribution < -0.4 is 14.8 Å². The summed E-state index contributed by atoms with van der Waals surface area (Å²) in [5, 5.41) is 13.8. The summed E-state index contributed by atoms with van der Waals surface area (Å²) in [6, 6.07) is 13.9. The van der Waals surface area contributed by atoms with Crippen LogP contribution in [0.25, 0.3) is 0 Å². The number of nitro groups is 1. The number of furan rings is 1. The molecular weight excluding hydrogens is 388 g/mol. The molecule has 2 aromatic carbocycles. The molecular formula is C19H15ClN2O6. The Bertz CT molecular complexity index is 1020. The number of rotatable bonds is 7. The van der Waals surface area contributed by atoms with Crippen LogP contribution in [-0.4, -0.2) is 17.9 Å². The van der Waals surface area contributed by atoms with Gasteiger partial charge in [0.1, 0.15) is 23.9 Å². The quantitative estimate of drug-likeness (QED) is 0.454. The smallest absolute Gasteiger partial charge is 0.291 e. The third kappa shape index (κ3) is 4.60. The Kier molecular flexibility index (Phi) is 5.81. The van der Waals surface area contributed by atoms with Gasteiger partial charge < -0.3 is 19.2 Å². The van der Waals surface area contributed by atoms with Crippen LogP contribution in [0.15, 0.2) is 59.0 Å². The molecule has 0 spiro atoms. The van der Waals surface area contributed by atoms with E-state index in [1.165, 1.54) is 31.4 Å². The number of amides is 1. The molecule has 0 radical (unpaired) electrons. The number of anilines is 1. The van der Waals surface area contributed by atoms with Gasteiger partial charge in [0, 0.05) is 17.8 Å². The molecule has 0 unspecified atom stereocenters. The molecule has 0 saturated carbocycles. The highest BCUT2D eigenvalue weighted by Gasteiger charge is 2.14. The lowest BCUT2D eigenvalue weighted by Gasteiger charge is -2.07. The van der Waals surface area contributed by atoms with E-state index >= 15 is 0 Å². The average molecular weight is 403 g/mol. The van der Waals surface area contributed by atoms with E-state index in [0.29, 0.717) is 17.2 Å². The molecule has 1 N–H and O–H groups in total. The molecule has 0 saturated heterocycles. The minimum Gasteiger partial charge on any atom is -0.497 e. The second-order valence-electron chi connectivity index (χ2n) is 5.61. The predicted molar refractivity (Wildman–Crippen MR) is 102 cm³/mol. The highest BCUT2D eigenvalue weighted by Crippen LogP contribution is 2.29. The molecule has 1 amide bonds. The van der Waals surface area contributed by atoms with Crippen molar-refractivity contribution in [1.29, 1.82) is 0 Å². The summed E-state index contributed by atoms with van der Waals surface area (Å²) in [4.78, 5) is 22.6. The van der Waals surface area contributed by atoms with Crippen molar-refractivity contribution in [2.75, 3.05) is 12.4 Å². The van der Waals surface area contributed by atoms with Crippen LogP contribution in [0, 0.1) is 10.1 Å². The molecule has 9 heteroatoms. The zero-order valence-electron chi connectivity index (χ0n) is 14.7. The van der Waals surface area contributed by atoms with Crippen LogP contribution >= 0.6 is 11.6 Å². The lowest BCUT2D eigenvalue weighted by atomic mass is 10.3. The van der Waals surface area contributed by atoms with Crippen LogP contribution in [0.5, 0.6) is 11.5 Å². The van der Waals surface area contributed by atoms with Gasteiger partial charge in [0.2, 0.25) is 0 Å². The summed E-state index contributed by atoms with van der Waals surface area (Å²) >= 11 is 5.99. The van der Waals surface area contributed by atoms with E-state index in [-0.39, 0.29) is 28.8 Å². The molecule has 3 aromatic rings. The molecule has 0 atom stereocenters. The van der Waals surface area contributed by atoms with Gasteiger partial charge in [0.05, 0.1) is 23.1 Å². The van der Waals surface area contributed by atoms with E-state index < -0.39 is 10.8 Å². The summed E-state index contributed by atoms with van der Waals surface area (Å²) in [6.45, 7) is -0.0483. The van der Waals surface area contributed by atoms with E-state index in [9.17, 15) is 14.9 Å². The second kappa shape index (κ2) is 8.45. The third-order valence-corrected chi connectivity index (χ3v) is 4.02. The van der Waals surface area contributed by atoms with Crippen molar-refractivity contribution in [2.24, 2.45) is 0 Å². The molecule has 3 rings (SSSR count). The Morgan fingerprint density at radius 2 is 2.04 bits per heavy atom. The first-order valence-corrected chi connectivity index (χ1v) is 8.45. The van der Waals surface area contributed by atoms with Crippen molar-refractivity contribution in [3.8, 4) is 11.5 Å². The summed E-state index contributed by atoms with van der Waals surface area (Å²) in [6.07, 6.45) is 0. The van der Waals surface area contributed by atoms with Crippen molar-refractivity contribution < 1.29 is 23.6 Å².